The summed E-state index contributed by atoms with van der Waals surface area (Å²) in [7, 11) is 0. The number of hydrogen-bond donors (Lipinski definition) is 0. The van der Waals surface area contributed by atoms with E-state index in [1.54, 1.807) is 0 Å². The first kappa shape index (κ1) is 13.3. The van der Waals surface area contributed by atoms with Crippen LogP contribution in [0, 0.1) is 24.7 Å². The van der Waals surface area contributed by atoms with Crippen LogP contribution in [0.5, 0.6) is 0 Å². The molecule has 0 saturated heterocycles. The molecule has 0 spiro atoms. The lowest BCUT2D eigenvalue weighted by atomic mass is 10.1. The zero-order chi connectivity index (χ0) is 13.5. The van der Waals surface area contributed by atoms with Crippen molar-refractivity contribution in [3.63, 3.8) is 0 Å². The van der Waals surface area contributed by atoms with Gasteiger partial charge in [-0.05, 0) is 23.3 Å². The van der Waals surface area contributed by atoms with Crippen LogP contribution >= 0.6 is 11.8 Å². The number of thioether (sulfide) groups is 1. The van der Waals surface area contributed by atoms with E-state index in [0.29, 0.717) is 0 Å². The van der Waals surface area contributed by atoms with Crippen LogP contribution in [0.1, 0.15) is 22.3 Å². The Morgan fingerprint density at radius 1 is 0.737 bits per heavy atom. The van der Waals surface area contributed by atoms with Crippen molar-refractivity contribution in [1.82, 2.24) is 0 Å². The molecule has 0 unspecified atom stereocenters. The largest absolute Gasteiger partial charge is 0.152 e. The van der Waals surface area contributed by atoms with E-state index in [-0.39, 0.29) is 0 Å². The summed E-state index contributed by atoms with van der Waals surface area (Å²) in [5.74, 6) is 7.25. The number of benzene rings is 2. The van der Waals surface area contributed by atoms with Gasteiger partial charge in [-0.15, -0.1) is 12.8 Å². The van der Waals surface area contributed by atoms with Gasteiger partial charge in [0.2, 0.25) is 0 Å². The second-order valence-corrected chi connectivity index (χ2v) is 5.08. The van der Waals surface area contributed by atoms with Gasteiger partial charge in [0.25, 0.3) is 0 Å². The van der Waals surface area contributed by atoms with Gasteiger partial charge < -0.3 is 0 Å². The Labute approximate surface area is 119 Å². The standard InChI is InChI=1S/C18H14S/c1-3-15-9-5-7-11-17(15)13-19-14-18-12-8-6-10-16(18)4-2/h1-2,5-12H,13-14H2. The van der Waals surface area contributed by atoms with Gasteiger partial charge in [0.1, 0.15) is 0 Å². The lowest BCUT2D eigenvalue weighted by Gasteiger charge is -2.06. The summed E-state index contributed by atoms with van der Waals surface area (Å²) in [6.45, 7) is 0. The van der Waals surface area contributed by atoms with Crippen molar-refractivity contribution in [2.75, 3.05) is 0 Å². The van der Waals surface area contributed by atoms with E-state index in [1.807, 2.05) is 48.2 Å². The summed E-state index contributed by atoms with van der Waals surface area (Å²) in [6.07, 6.45) is 11.0. The van der Waals surface area contributed by atoms with E-state index in [1.165, 1.54) is 11.1 Å². The third-order valence-electron chi connectivity index (χ3n) is 2.86. The molecule has 0 aliphatic heterocycles. The highest BCUT2D eigenvalue weighted by molar-refractivity contribution is 7.97. The number of terminal acetylenes is 2. The molecule has 0 heterocycles. The average molecular weight is 262 g/mol. The van der Waals surface area contributed by atoms with E-state index in [2.05, 4.69) is 24.0 Å². The molecule has 0 radical (unpaired) electrons. The van der Waals surface area contributed by atoms with Gasteiger partial charge >= 0.3 is 0 Å². The highest BCUT2D eigenvalue weighted by Gasteiger charge is 2.02. The van der Waals surface area contributed by atoms with Crippen LogP contribution in [0.4, 0.5) is 0 Å². The predicted molar refractivity (Wildman–Crippen MR) is 83.8 cm³/mol. The molecule has 0 N–H and O–H groups in total. The average Bonchev–Trinajstić information content (AvgIpc) is 2.48. The fourth-order valence-corrected chi connectivity index (χ4v) is 2.89. The maximum absolute atomic E-state index is 5.49. The zero-order valence-electron chi connectivity index (χ0n) is 10.6. The van der Waals surface area contributed by atoms with Crippen molar-refractivity contribution in [2.45, 2.75) is 11.5 Å². The second kappa shape index (κ2) is 6.74. The molecule has 0 saturated carbocycles. The first-order chi connectivity index (χ1) is 9.35. The van der Waals surface area contributed by atoms with E-state index >= 15 is 0 Å². The molecule has 0 nitrogen and oxygen atoms in total. The van der Waals surface area contributed by atoms with Gasteiger partial charge in [0.15, 0.2) is 0 Å². The summed E-state index contributed by atoms with van der Waals surface area (Å²) < 4.78 is 0. The van der Waals surface area contributed by atoms with Crippen LogP contribution in [0.2, 0.25) is 0 Å². The van der Waals surface area contributed by atoms with Gasteiger partial charge in [-0.2, -0.15) is 11.8 Å². The van der Waals surface area contributed by atoms with Gasteiger partial charge in [0, 0.05) is 22.6 Å². The van der Waals surface area contributed by atoms with Crippen molar-refractivity contribution in [2.24, 2.45) is 0 Å². The van der Waals surface area contributed by atoms with Crippen LogP contribution in [-0.4, -0.2) is 0 Å². The SMILES string of the molecule is C#Cc1ccccc1CSCc1ccccc1C#C. The van der Waals surface area contributed by atoms with Crippen LogP contribution in [-0.2, 0) is 11.5 Å². The molecule has 2 rings (SSSR count). The number of hydrogen-bond acceptors (Lipinski definition) is 1. The van der Waals surface area contributed by atoms with Gasteiger partial charge in [-0.1, -0.05) is 48.2 Å². The maximum Gasteiger partial charge on any atom is 0.0283 e. The van der Waals surface area contributed by atoms with Gasteiger partial charge in [0.05, 0.1) is 0 Å². The fourth-order valence-electron chi connectivity index (χ4n) is 1.84. The predicted octanol–water partition coefficient (Wildman–Crippen LogP) is 4.08. The molecular formula is C18H14S. The van der Waals surface area contributed by atoms with Crippen LogP contribution < -0.4 is 0 Å². The Morgan fingerprint density at radius 2 is 1.16 bits per heavy atom. The summed E-state index contributed by atoms with van der Waals surface area (Å²) in [5.41, 5.74) is 4.35. The molecule has 0 aromatic heterocycles. The second-order valence-electron chi connectivity index (χ2n) is 4.10. The van der Waals surface area contributed by atoms with Gasteiger partial charge in [-0.3, -0.25) is 0 Å². The minimum atomic E-state index is 0.902. The van der Waals surface area contributed by atoms with Crippen molar-refractivity contribution in [3.8, 4) is 24.7 Å². The van der Waals surface area contributed by atoms with E-state index in [0.717, 1.165) is 22.6 Å². The Morgan fingerprint density at radius 3 is 1.58 bits per heavy atom. The Bertz CT molecular complexity index is 584. The summed E-state index contributed by atoms with van der Waals surface area (Å²) in [5, 5.41) is 0. The molecule has 2 aromatic rings. The minimum Gasteiger partial charge on any atom is -0.152 e. The summed E-state index contributed by atoms with van der Waals surface area (Å²) >= 11 is 1.83. The molecule has 19 heavy (non-hydrogen) atoms. The Balaban J connectivity index is 2.01. The smallest absolute Gasteiger partial charge is 0.0283 e. The van der Waals surface area contributed by atoms with Crippen LogP contribution in [0.3, 0.4) is 0 Å². The normalized spacial score (nSPS) is 9.58. The van der Waals surface area contributed by atoms with Crippen molar-refractivity contribution in [3.05, 3.63) is 70.8 Å². The highest BCUT2D eigenvalue weighted by Crippen LogP contribution is 2.21. The van der Waals surface area contributed by atoms with E-state index in [9.17, 15) is 0 Å². The molecule has 0 atom stereocenters. The van der Waals surface area contributed by atoms with Gasteiger partial charge in [-0.25, -0.2) is 0 Å². The van der Waals surface area contributed by atoms with E-state index < -0.39 is 0 Å². The first-order valence-corrected chi connectivity index (χ1v) is 7.17. The molecular weight excluding hydrogens is 248 g/mol. The topological polar surface area (TPSA) is 0 Å². The molecule has 92 valence electrons. The lowest BCUT2D eigenvalue weighted by Crippen LogP contribution is -1.90. The van der Waals surface area contributed by atoms with Crippen molar-refractivity contribution >= 4 is 11.8 Å². The minimum absolute atomic E-state index is 0.902. The van der Waals surface area contributed by atoms with Crippen LogP contribution in [0.15, 0.2) is 48.5 Å². The molecule has 0 amide bonds. The van der Waals surface area contributed by atoms with Crippen molar-refractivity contribution in [1.29, 1.82) is 0 Å². The number of rotatable bonds is 4. The van der Waals surface area contributed by atoms with Crippen molar-refractivity contribution < 1.29 is 0 Å². The molecule has 0 fully saturated rings. The fraction of sp³-hybridized carbons (Fsp3) is 0.111. The zero-order valence-corrected chi connectivity index (χ0v) is 11.4. The highest BCUT2D eigenvalue weighted by atomic mass is 32.2. The molecule has 0 bridgehead atoms. The van der Waals surface area contributed by atoms with Crippen LogP contribution in [0.25, 0.3) is 0 Å². The quantitative estimate of drug-likeness (QED) is 0.748. The molecule has 0 aliphatic carbocycles. The lowest BCUT2D eigenvalue weighted by molar-refractivity contribution is 1.34. The molecule has 0 aliphatic rings. The first-order valence-electron chi connectivity index (χ1n) is 6.02. The molecule has 2 aromatic carbocycles. The third-order valence-corrected chi connectivity index (χ3v) is 3.89. The third kappa shape index (κ3) is 3.44. The monoisotopic (exact) mass is 262 g/mol. The summed E-state index contributed by atoms with van der Waals surface area (Å²) in [6, 6.07) is 16.1. The summed E-state index contributed by atoms with van der Waals surface area (Å²) in [4.78, 5) is 0. The Hall–Kier alpha value is -2.09. The van der Waals surface area contributed by atoms with E-state index in [4.69, 9.17) is 12.8 Å². The molecule has 1 heteroatoms. The Kier molecular flexibility index (Phi) is 4.73. The maximum atomic E-state index is 5.49.